The summed E-state index contributed by atoms with van der Waals surface area (Å²) in [5, 5.41) is 14.5. The summed E-state index contributed by atoms with van der Waals surface area (Å²) in [7, 11) is 0. The van der Waals surface area contributed by atoms with Crippen LogP contribution in [0.25, 0.3) is 11.1 Å². The fraction of sp³-hybridized carbons (Fsp3) is 0.346. The van der Waals surface area contributed by atoms with Gasteiger partial charge in [-0.2, -0.15) is 18.2 Å². The van der Waals surface area contributed by atoms with Gasteiger partial charge in [0, 0.05) is 43.1 Å². The minimum atomic E-state index is -4.52. The average molecular weight is 560 g/mol. The third kappa shape index (κ3) is 6.33. The summed E-state index contributed by atoms with van der Waals surface area (Å²) in [6.45, 7) is 4.43. The molecule has 40 heavy (non-hydrogen) atoms. The van der Waals surface area contributed by atoms with E-state index in [0.717, 1.165) is 12.1 Å². The molecule has 1 unspecified atom stereocenters. The number of alkyl halides is 3. The van der Waals surface area contributed by atoms with Gasteiger partial charge < -0.3 is 30.9 Å². The number of amides is 2. The number of primary amides is 1. The first-order valence-corrected chi connectivity index (χ1v) is 12.5. The predicted octanol–water partition coefficient (Wildman–Crippen LogP) is 3.98. The lowest BCUT2D eigenvalue weighted by Gasteiger charge is -2.32. The van der Waals surface area contributed by atoms with Gasteiger partial charge in [-0.25, -0.2) is 9.78 Å². The number of nitrogens with zero attached hydrogens (tertiary/aromatic N) is 4. The number of hydrogen-bond acceptors (Lipinski definition) is 7. The second kappa shape index (κ2) is 11.2. The topological polar surface area (TPSA) is 155 Å². The van der Waals surface area contributed by atoms with Crippen molar-refractivity contribution in [1.29, 1.82) is 0 Å². The molecular weight excluding hydrogens is 531 g/mol. The fourth-order valence-electron chi connectivity index (χ4n) is 4.49. The van der Waals surface area contributed by atoms with Crippen molar-refractivity contribution >= 4 is 29.5 Å². The van der Waals surface area contributed by atoms with E-state index >= 15 is 0 Å². The van der Waals surface area contributed by atoms with Crippen LogP contribution in [-0.4, -0.2) is 50.8 Å². The molecule has 4 rings (SSSR count). The van der Waals surface area contributed by atoms with Crippen molar-refractivity contribution in [3.8, 4) is 11.1 Å². The first kappa shape index (κ1) is 28.4. The second-order valence-electron chi connectivity index (χ2n) is 9.68. The number of rotatable bonds is 7. The van der Waals surface area contributed by atoms with E-state index in [-0.39, 0.29) is 40.5 Å². The van der Waals surface area contributed by atoms with Crippen LogP contribution in [0.1, 0.15) is 48.7 Å². The molecule has 1 aliphatic rings. The fourth-order valence-corrected chi connectivity index (χ4v) is 4.49. The van der Waals surface area contributed by atoms with Crippen molar-refractivity contribution in [1.82, 2.24) is 19.9 Å². The van der Waals surface area contributed by atoms with Gasteiger partial charge in [0.25, 0.3) is 11.5 Å². The van der Waals surface area contributed by atoms with Crippen LogP contribution in [0.3, 0.4) is 0 Å². The first-order valence-electron chi connectivity index (χ1n) is 12.5. The van der Waals surface area contributed by atoms with Crippen LogP contribution in [0.4, 0.5) is 35.4 Å². The summed E-state index contributed by atoms with van der Waals surface area (Å²) in [5.74, 6) is -0.513. The molecule has 2 amide bonds. The summed E-state index contributed by atoms with van der Waals surface area (Å²) >= 11 is 0. The molecule has 1 atom stereocenters. The third-order valence-corrected chi connectivity index (χ3v) is 6.46. The molecule has 1 aliphatic heterocycles. The monoisotopic (exact) mass is 559 g/mol. The van der Waals surface area contributed by atoms with Crippen LogP contribution in [0.5, 0.6) is 0 Å². The number of hydrogen-bond donors (Lipinski definition) is 4. The summed E-state index contributed by atoms with van der Waals surface area (Å²) < 4.78 is 40.6. The SMILES string of the molecule is CC(C)n1cc(Nc2nc(N3CCCC(NC(=O)O)C3)ncc2C(N)=O)cc(-c2ccc(C(F)(F)F)cc2)c1=O. The van der Waals surface area contributed by atoms with Gasteiger partial charge in [-0.15, -0.1) is 0 Å². The number of anilines is 3. The molecule has 3 aromatic rings. The summed E-state index contributed by atoms with van der Waals surface area (Å²) in [4.78, 5) is 47.0. The standard InChI is InChI=1S/C26H28F3N7O4/c1-14(2)36-13-18(10-19(23(36)38)15-5-7-16(8-6-15)26(27,28)29)32-22-20(21(30)37)11-31-24(34-22)35-9-3-4-17(12-35)33-25(39)40/h5-8,10-11,13-14,17,33H,3-4,9,12H2,1-2H3,(H2,30,37)(H,39,40)(H,31,32,34). The van der Waals surface area contributed by atoms with Gasteiger partial charge >= 0.3 is 12.3 Å². The summed E-state index contributed by atoms with van der Waals surface area (Å²) in [6, 6.07) is 5.09. The van der Waals surface area contributed by atoms with Crippen molar-refractivity contribution in [2.75, 3.05) is 23.3 Å². The van der Waals surface area contributed by atoms with E-state index in [4.69, 9.17) is 10.8 Å². The van der Waals surface area contributed by atoms with Crippen LogP contribution in [0.15, 0.2) is 47.5 Å². The highest BCUT2D eigenvalue weighted by molar-refractivity contribution is 5.98. The van der Waals surface area contributed by atoms with Gasteiger partial charge in [0.2, 0.25) is 5.95 Å². The highest BCUT2D eigenvalue weighted by Crippen LogP contribution is 2.31. The maximum atomic E-state index is 13.2. The zero-order valence-corrected chi connectivity index (χ0v) is 21.7. The van der Waals surface area contributed by atoms with Crippen LogP contribution in [0.2, 0.25) is 0 Å². The highest BCUT2D eigenvalue weighted by atomic mass is 19.4. The molecule has 5 N–H and O–H groups in total. The minimum Gasteiger partial charge on any atom is -0.465 e. The van der Waals surface area contributed by atoms with Crippen LogP contribution in [-0.2, 0) is 6.18 Å². The van der Waals surface area contributed by atoms with E-state index in [9.17, 15) is 27.6 Å². The Morgan fingerprint density at radius 2 is 1.90 bits per heavy atom. The van der Waals surface area contributed by atoms with E-state index in [1.807, 2.05) is 0 Å². The van der Waals surface area contributed by atoms with Gasteiger partial charge in [0.1, 0.15) is 11.4 Å². The van der Waals surface area contributed by atoms with Crippen LogP contribution in [0, 0.1) is 0 Å². The Kier molecular flexibility index (Phi) is 7.98. The number of carbonyl (C=O) groups excluding carboxylic acids is 1. The molecule has 11 nitrogen and oxygen atoms in total. The summed E-state index contributed by atoms with van der Waals surface area (Å²) in [6.07, 6.45) is -1.55. The maximum Gasteiger partial charge on any atom is 0.416 e. The molecular formula is C26H28F3N7O4. The van der Waals surface area contributed by atoms with E-state index < -0.39 is 29.3 Å². The molecule has 212 valence electrons. The number of pyridine rings is 1. The number of carboxylic acid groups (broad SMARTS) is 1. The third-order valence-electron chi connectivity index (χ3n) is 6.46. The normalized spacial score (nSPS) is 15.7. The van der Waals surface area contributed by atoms with Crippen molar-refractivity contribution in [2.45, 2.75) is 44.9 Å². The summed E-state index contributed by atoms with van der Waals surface area (Å²) in [5.41, 5.74) is 5.02. The van der Waals surface area contributed by atoms with Gasteiger partial charge in [0.15, 0.2) is 0 Å². The molecule has 14 heteroatoms. The van der Waals surface area contributed by atoms with Crippen LogP contribution < -0.4 is 26.8 Å². The van der Waals surface area contributed by atoms with Gasteiger partial charge in [-0.3, -0.25) is 9.59 Å². The maximum absolute atomic E-state index is 13.2. The Balaban J connectivity index is 1.73. The number of aromatic nitrogens is 3. The second-order valence-corrected chi connectivity index (χ2v) is 9.68. The van der Waals surface area contributed by atoms with Crippen LogP contribution >= 0.6 is 0 Å². The molecule has 0 saturated carbocycles. The largest absolute Gasteiger partial charge is 0.465 e. The molecule has 0 aliphatic carbocycles. The zero-order chi connectivity index (χ0) is 29.2. The molecule has 2 aromatic heterocycles. The van der Waals surface area contributed by atoms with E-state index in [1.54, 1.807) is 18.7 Å². The van der Waals surface area contributed by atoms with Gasteiger partial charge in [-0.1, -0.05) is 12.1 Å². The molecule has 3 heterocycles. The lowest BCUT2D eigenvalue weighted by Crippen LogP contribution is -2.48. The number of carbonyl (C=O) groups is 2. The Labute approximate surface area is 226 Å². The zero-order valence-electron chi connectivity index (χ0n) is 21.7. The van der Waals surface area contributed by atoms with Crippen molar-refractivity contribution in [3.05, 3.63) is 64.2 Å². The lowest BCUT2D eigenvalue weighted by molar-refractivity contribution is -0.137. The Morgan fingerprint density at radius 3 is 2.50 bits per heavy atom. The van der Waals surface area contributed by atoms with E-state index in [0.29, 0.717) is 31.6 Å². The van der Waals surface area contributed by atoms with Gasteiger partial charge in [0.05, 0.1) is 11.3 Å². The Hall–Kier alpha value is -4.62. The Morgan fingerprint density at radius 1 is 1.20 bits per heavy atom. The molecule has 1 aromatic carbocycles. The number of nitrogens with one attached hydrogen (secondary N) is 2. The average Bonchev–Trinajstić information content (AvgIpc) is 2.88. The van der Waals surface area contributed by atoms with Gasteiger partial charge in [-0.05, 0) is 50.5 Å². The molecule has 1 fully saturated rings. The molecule has 0 spiro atoms. The molecule has 0 bridgehead atoms. The molecule has 1 saturated heterocycles. The molecule has 0 radical (unpaired) electrons. The highest BCUT2D eigenvalue weighted by Gasteiger charge is 2.30. The Bertz CT molecular complexity index is 1470. The number of piperidine rings is 1. The van der Waals surface area contributed by atoms with Crippen molar-refractivity contribution < 1.29 is 27.9 Å². The predicted molar refractivity (Wildman–Crippen MR) is 142 cm³/mol. The quantitative estimate of drug-likeness (QED) is 0.339. The smallest absolute Gasteiger partial charge is 0.416 e. The minimum absolute atomic E-state index is 0.0284. The number of halogens is 3. The number of benzene rings is 1. The van der Waals surface area contributed by atoms with E-state index in [1.165, 1.54) is 35.2 Å². The van der Waals surface area contributed by atoms with E-state index in [2.05, 4.69) is 20.6 Å². The lowest BCUT2D eigenvalue weighted by atomic mass is 10.0. The number of nitrogens with two attached hydrogens (primary N) is 1. The van der Waals surface area contributed by atoms with Crippen molar-refractivity contribution in [3.63, 3.8) is 0 Å². The first-order chi connectivity index (χ1) is 18.8. The van der Waals surface area contributed by atoms with Crippen molar-refractivity contribution in [2.24, 2.45) is 5.73 Å².